The number of imide groups is 1. The largest absolute Gasteiger partial charge is 0.454 e. The van der Waals surface area contributed by atoms with E-state index in [9.17, 15) is 19.2 Å². The Morgan fingerprint density at radius 2 is 1.56 bits per heavy atom. The van der Waals surface area contributed by atoms with E-state index >= 15 is 0 Å². The van der Waals surface area contributed by atoms with Gasteiger partial charge in [0, 0.05) is 21.5 Å². The summed E-state index contributed by atoms with van der Waals surface area (Å²) in [5.74, 6) is -1.69. The molecule has 6 rings (SSSR count). The molecule has 1 aliphatic heterocycles. The highest BCUT2D eigenvalue weighted by Gasteiger charge is 2.48. The van der Waals surface area contributed by atoms with Crippen LogP contribution in [0.5, 0.6) is 0 Å². The predicted molar refractivity (Wildman–Crippen MR) is 156 cm³/mol. The number of aryl methyl sites for hydroxylation is 1. The zero-order valence-electron chi connectivity index (χ0n) is 22.4. The summed E-state index contributed by atoms with van der Waals surface area (Å²) in [7, 11) is 0. The molecule has 0 bridgehead atoms. The average Bonchev–Trinajstić information content (AvgIpc) is 3.25. The minimum atomic E-state index is -0.672. The Kier molecular flexibility index (Phi) is 7.14. The van der Waals surface area contributed by atoms with Crippen LogP contribution < -0.4 is 4.90 Å². The summed E-state index contributed by atoms with van der Waals surface area (Å²) in [5, 5.41) is 0.934. The van der Waals surface area contributed by atoms with Gasteiger partial charge in [0.25, 0.3) is 0 Å². The zero-order valence-corrected chi connectivity index (χ0v) is 23.2. The number of anilines is 1. The molecule has 0 N–H and O–H groups in total. The highest BCUT2D eigenvalue weighted by atomic mass is 35.5. The number of hydrogen-bond acceptors (Lipinski definition) is 6. The van der Waals surface area contributed by atoms with Crippen LogP contribution in [0.25, 0.3) is 22.2 Å². The molecule has 2 heterocycles. The molecule has 1 aromatic heterocycles. The number of carbonyl (C=O) groups is 4. The number of aromatic nitrogens is 1. The van der Waals surface area contributed by atoms with Crippen LogP contribution in [-0.4, -0.2) is 35.2 Å². The Hall–Kier alpha value is -4.36. The molecule has 2 unspecified atom stereocenters. The van der Waals surface area contributed by atoms with Crippen LogP contribution in [0.1, 0.15) is 52.0 Å². The highest BCUT2D eigenvalue weighted by molar-refractivity contribution is 6.31. The van der Waals surface area contributed by atoms with Crippen molar-refractivity contribution < 1.29 is 23.9 Å². The topological polar surface area (TPSA) is 93.6 Å². The van der Waals surface area contributed by atoms with Crippen molar-refractivity contribution in [3.05, 3.63) is 94.5 Å². The first-order chi connectivity index (χ1) is 19.8. The lowest BCUT2D eigenvalue weighted by atomic mass is 9.81. The number of ether oxygens (including phenoxy) is 1. The molecule has 2 amide bonds. The third-order valence-electron chi connectivity index (χ3n) is 7.96. The van der Waals surface area contributed by atoms with E-state index in [2.05, 4.69) is 0 Å². The van der Waals surface area contributed by atoms with E-state index in [4.69, 9.17) is 21.3 Å². The SMILES string of the molecule is Cc1ccc(C(=O)COC(=O)c2cc(-c3ccc(N4C(=O)C5CCCCC5C4=O)cc3)nc3ccc(Cl)cc23)cc1. The van der Waals surface area contributed by atoms with Crippen molar-refractivity contribution in [1.82, 2.24) is 4.98 Å². The Balaban J connectivity index is 1.28. The van der Waals surface area contributed by atoms with Gasteiger partial charge in [-0.1, -0.05) is 66.4 Å². The van der Waals surface area contributed by atoms with Crippen LogP contribution in [0.15, 0.2) is 72.8 Å². The lowest BCUT2D eigenvalue weighted by Gasteiger charge is -2.19. The van der Waals surface area contributed by atoms with E-state index < -0.39 is 12.6 Å². The molecule has 4 aromatic rings. The molecule has 2 aliphatic rings. The Morgan fingerprint density at radius 1 is 0.902 bits per heavy atom. The number of pyridine rings is 1. The average molecular weight is 567 g/mol. The van der Waals surface area contributed by atoms with Gasteiger partial charge in [0.15, 0.2) is 12.4 Å². The summed E-state index contributed by atoms with van der Waals surface area (Å²) in [6, 6.07) is 20.7. The van der Waals surface area contributed by atoms with Crippen LogP contribution in [0, 0.1) is 18.8 Å². The fraction of sp³-hybridized carbons (Fsp3) is 0.242. The lowest BCUT2D eigenvalue weighted by molar-refractivity contribution is -0.122. The maximum absolute atomic E-state index is 13.2. The number of carbonyl (C=O) groups excluding carboxylic acids is 4. The summed E-state index contributed by atoms with van der Waals surface area (Å²) < 4.78 is 5.43. The van der Waals surface area contributed by atoms with E-state index in [1.165, 1.54) is 4.90 Å². The van der Waals surface area contributed by atoms with Crippen LogP contribution >= 0.6 is 11.6 Å². The van der Waals surface area contributed by atoms with Gasteiger partial charge >= 0.3 is 5.97 Å². The van der Waals surface area contributed by atoms with Gasteiger partial charge in [-0.2, -0.15) is 0 Å². The molecule has 7 nitrogen and oxygen atoms in total. The van der Waals surface area contributed by atoms with Gasteiger partial charge in [-0.25, -0.2) is 9.78 Å². The van der Waals surface area contributed by atoms with Crippen molar-refractivity contribution in [2.75, 3.05) is 11.5 Å². The van der Waals surface area contributed by atoms with Crippen molar-refractivity contribution in [1.29, 1.82) is 0 Å². The molecular weight excluding hydrogens is 540 g/mol. The van der Waals surface area contributed by atoms with Crippen LogP contribution in [0.3, 0.4) is 0 Å². The maximum atomic E-state index is 13.2. The molecule has 0 radical (unpaired) electrons. The third kappa shape index (κ3) is 5.13. The second kappa shape index (κ2) is 10.9. The molecule has 2 fully saturated rings. The van der Waals surface area contributed by atoms with Crippen molar-refractivity contribution in [2.24, 2.45) is 11.8 Å². The van der Waals surface area contributed by atoms with Crippen molar-refractivity contribution >= 4 is 51.8 Å². The Bertz CT molecular complexity index is 1670. The van der Waals surface area contributed by atoms with Crippen LogP contribution in [0.2, 0.25) is 5.02 Å². The number of amides is 2. The van der Waals surface area contributed by atoms with Crippen molar-refractivity contribution in [2.45, 2.75) is 32.6 Å². The van der Waals surface area contributed by atoms with Crippen molar-refractivity contribution in [3.8, 4) is 11.3 Å². The molecule has 2 atom stereocenters. The first kappa shape index (κ1) is 26.8. The molecular formula is C33H27ClN2O5. The molecule has 1 saturated heterocycles. The summed E-state index contributed by atoms with van der Waals surface area (Å²) >= 11 is 6.23. The van der Waals surface area contributed by atoms with Gasteiger partial charge in [-0.3, -0.25) is 19.3 Å². The second-order valence-corrected chi connectivity index (χ2v) is 11.1. The molecule has 41 heavy (non-hydrogen) atoms. The van der Waals surface area contributed by atoms with E-state index in [-0.39, 0.29) is 35.0 Å². The number of nitrogens with zero attached hydrogens (tertiary/aromatic N) is 2. The third-order valence-corrected chi connectivity index (χ3v) is 8.20. The van der Waals surface area contributed by atoms with Gasteiger partial charge in [-0.05, 0) is 56.2 Å². The van der Waals surface area contributed by atoms with Crippen molar-refractivity contribution in [3.63, 3.8) is 0 Å². The monoisotopic (exact) mass is 566 g/mol. The summed E-state index contributed by atoms with van der Waals surface area (Å²) in [6.45, 7) is 1.52. The van der Waals surface area contributed by atoms with Crippen LogP contribution in [0.4, 0.5) is 5.69 Å². The number of benzene rings is 3. The lowest BCUT2D eigenvalue weighted by Crippen LogP contribution is -2.30. The number of Topliss-reactive ketones (excluding diaryl/α,β-unsaturated/α-hetero) is 1. The Morgan fingerprint density at radius 3 is 2.22 bits per heavy atom. The minimum Gasteiger partial charge on any atom is -0.454 e. The molecule has 0 spiro atoms. The molecule has 206 valence electrons. The molecule has 1 saturated carbocycles. The van der Waals surface area contributed by atoms with Gasteiger partial charge < -0.3 is 4.74 Å². The molecule has 1 aliphatic carbocycles. The van der Waals surface area contributed by atoms with E-state index in [0.717, 1.165) is 31.2 Å². The van der Waals surface area contributed by atoms with Gasteiger partial charge in [0.2, 0.25) is 11.8 Å². The van der Waals surface area contributed by atoms with E-state index in [0.29, 0.717) is 38.4 Å². The smallest absolute Gasteiger partial charge is 0.339 e. The number of esters is 1. The Labute approximate surface area is 242 Å². The number of ketones is 1. The second-order valence-electron chi connectivity index (χ2n) is 10.6. The molecule has 3 aromatic carbocycles. The summed E-state index contributed by atoms with van der Waals surface area (Å²) in [4.78, 5) is 57.9. The summed E-state index contributed by atoms with van der Waals surface area (Å²) in [5.41, 5.74) is 3.95. The predicted octanol–water partition coefficient (Wildman–Crippen LogP) is 6.58. The van der Waals surface area contributed by atoms with Gasteiger partial charge in [-0.15, -0.1) is 0 Å². The number of halogens is 1. The zero-order chi connectivity index (χ0) is 28.7. The van der Waals surface area contributed by atoms with Crippen LogP contribution in [-0.2, 0) is 14.3 Å². The summed E-state index contributed by atoms with van der Waals surface area (Å²) in [6.07, 6.45) is 3.45. The fourth-order valence-corrected chi connectivity index (χ4v) is 5.92. The number of hydrogen-bond donors (Lipinski definition) is 0. The van der Waals surface area contributed by atoms with E-state index in [1.807, 2.05) is 19.1 Å². The van der Waals surface area contributed by atoms with Gasteiger partial charge in [0.05, 0.1) is 34.3 Å². The highest BCUT2D eigenvalue weighted by Crippen LogP contribution is 2.40. The first-order valence-electron chi connectivity index (χ1n) is 13.7. The quantitative estimate of drug-likeness (QED) is 0.149. The first-order valence-corrected chi connectivity index (χ1v) is 14.0. The minimum absolute atomic E-state index is 0.127. The number of fused-ring (bicyclic) bond motifs is 2. The number of rotatable bonds is 6. The maximum Gasteiger partial charge on any atom is 0.339 e. The van der Waals surface area contributed by atoms with Gasteiger partial charge in [0.1, 0.15) is 0 Å². The normalized spacial score (nSPS) is 18.4. The van der Waals surface area contributed by atoms with E-state index in [1.54, 1.807) is 60.7 Å². The molecule has 8 heteroatoms. The fourth-order valence-electron chi connectivity index (χ4n) is 5.74. The standard InChI is InChI=1S/C33H27ClN2O5/c1-19-6-8-21(9-7-19)30(37)18-41-33(40)27-17-29(35-28-15-12-22(34)16-26(27)28)20-10-13-23(14-11-20)36-31(38)24-4-2-3-5-25(24)32(36)39/h6-17,24-25H,2-5,18H2,1H3.